The van der Waals surface area contributed by atoms with Gasteiger partial charge >= 0.3 is 0 Å². The molecule has 0 spiro atoms. The Labute approximate surface area is 87.6 Å². The first-order valence-electron chi connectivity index (χ1n) is 4.10. The average molecular weight is 244 g/mol. The minimum absolute atomic E-state index is 0.798. The molecule has 1 aromatic carbocycles. The van der Waals surface area contributed by atoms with Crippen LogP contribution in [0.4, 0.5) is 5.69 Å². The lowest BCUT2D eigenvalue weighted by molar-refractivity contribution is 0.415. The maximum Gasteiger partial charge on any atom is 0.142 e. The maximum atomic E-state index is 5.26. The van der Waals surface area contributed by atoms with E-state index in [0.717, 1.165) is 16.9 Å². The lowest BCUT2D eigenvalue weighted by atomic mass is 10.2. The summed E-state index contributed by atoms with van der Waals surface area (Å²) in [5.74, 6) is 0.910. The summed E-state index contributed by atoms with van der Waals surface area (Å²) >= 11 is 3.41. The highest BCUT2D eigenvalue weighted by atomic mass is 79.9. The summed E-state index contributed by atoms with van der Waals surface area (Å²) in [5.41, 5.74) is 3.15. The van der Waals surface area contributed by atoms with Crippen LogP contribution in [0.25, 0.3) is 0 Å². The minimum Gasteiger partial charge on any atom is -0.495 e. The second-order valence-corrected chi connectivity index (χ2v) is 3.49. The molecule has 0 aromatic heterocycles. The van der Waals surface area contributed by atoms with Gasteiger partial charge in [0.25, 0.3) is 0 Å². The van der Waals surface area contributed by atoms with E-state index in [4.69, 9.17) is 4.74 Å². The molecule has 1 rings (SSSR count). The standard InChI is InChI=1S/C10H14BrNO/c1-8-4-5-10(13-3)9(6-8)12(2)7-11/h4-6H,7H2,1-3H3. The predicted molar refractivity (Wildman–Crippen MR) is 59.9 cm³/mol. The molecule has 13 heavy (non-hydrogen) atoms. The van der Waals surface area contributed by atoms with Gasteiger partial charge < -0.3 is 9.64 Å². The Morgan fingerprint density at radius 1 is 1.46 bits per heavy atom. The highest BCUT2D eigenvalue weighted by Crippen LogP contribution is 2.28. The number of rotatable bonds is 3. The molecule has 3 heteroatoms. The maximum absolute atomic E-state index is 5.26. The minimum atomic E-state index is 0.798. The van der Waals surface area contributed by atoms with Crippen LogP contribution in [0.15, 0.2) is 18.2 Å². The average Bonchev–Trinajstić information content (AvgIpc) is 2.16. The quantitative estimate of drug-likeness (QED) is 0.598. The molecule has 0 heterocycles. The highest BCUT2D eigenvalue weighted by Gasteiger charge is 2.06. The van der Waals surface area contributed by atoms with Crippen LogP contribution in [0.3, 0.4) is 0 Å². The Morgan fingerprint density at radius 3 is 2.69 bits per heavy atom. The van der Waals surface area contributed by atoms with Gasteiger partial charge in [-0.1, -0.05) is 22.0 Å². The van der Waals surface area contributed by atoms with E-state index in [9.17, 15) is 0 Å². The van der Waals surface area contributed by atoms with E-state index in [0.29, 0.717) is 0 Å². The van der Waals surface area contributed by atoms with Gasteiger partial charge in [0.15, 0.2) is 0 Å². The summed E-state index contributed by atoms with van der Waals surface area (Å²) in [6, 6.07) is 6.15. The molecule has 0 radical (unpaired) electrons. The summed E-state index contributed by atoms with van der Waals surface area (Å²) in [6.45, 7) is 2.07. The van der Waals surface area contributed by atoms with E-state index < -0.39 is 0 Å². The van der Waals surface area contributed by atoms with Gasteiger partial charge in [0.05, 0.1) is 18.3 Å². The number of aryl methyl sites for hydroxylation is 1. The fourth-order valence-corrected chi connectivity index (χ4v) is 1.43. The van der Waals surface area contributed by atoms with Crippen LogP contribution in [0.5, 0.6) is 5.75 Å². The van der Waals surface area contributed by atoms with Crippen molar-refractivity contribution in [3.8, 4) is 5.75 Å². The first-order valence-corrected chi connectivity index (χ1v) is 5.23. The second kappa shape index (κ2) is 4.51. The summed E-state index contributed by atoms with van der Waals surface area (Å²) in [7, 11) is 3.71. The molecule has 2 nitrogen and oxygen atoms in total. The molecule has 72 valence electrons. The lowest BCUT2D eigenvalue weighted by Gasteiger charge is -2.19. The van der Waals surface area contributed by atoms with Crippen molar-refractivity contribution < 1.29 is 4.74 Å². The lowest BCUT2D eigenvalue weighted by Crippen LogP contribution is -2.14. The number of anilines is 1. The molecule has 0 N–H and O–H groups in total. The SMILES string of the molecule is COc1ccc(C)cc1N(C)CBr. The number of hydrogen-bond donors (Lipinski definition) is 0. The third-order valence-corrected chi connectivity index (χ3v) is 2.68. The van der Waals surface area contributed by atoms with Gasteiger partial charge in [0.1, 0.15) is 5.75 Å². The predicted octanol–water partition coefficient (Wildman–Crippen LogP) is 2.79. The molecule has 0 fully saturated rings. The summed E-state index contributed by atoms with van der Waals surface area (Å²) in [6.07, 6.45) is 0. The van der Waals surface area contributed by atoms with Crippen LogP contribution >= 0.6 is 15.9 Å². The van der Waals surface area contributed by atoms with E-state index in [1.807, 2.05) is 19.2 Å². The molecule has 1 aromatic rings. The third kappa shape index (κ3) is 2.37. The summed E-state index contributed by atoms with van der Waals surface area (Å²) < 4.78 is 5.26. The van der Waals surface area contributed by atoms with Crippen molar-refractivity contribution in [3.05, 3.63) is 23.8 Å². The number of methoxy groups -OCH3 is 1. The van der Waals surface area contributed by atoms with Crippen molar-refractivity contribution in [1.82, 2.24) is 0 Å². The zero-order chi connectivity index (χ0) is 9.84. The number of halogens is 1. The zero-order valence-electron chi connectivity index (χ0n) is 8.17. The van der Waals surface area contributed by atoms with E-state index >= 15 is 0 Å². The van der Waals surface area contributed by atoms with Crippen molar-refractivity contribution in [3.63, 3.8) is 0 Å². The Hall–Kier alpha value is -0.700. The van der Waals surface area contributed by atoms with E-state index in [1.54, 1.807) is 7.11 Å². The van der Waals surface area contributed by atoms with Crippen LogP contribution in [-0.4, -0.2) is 19.6 Å². The molecular formula is C10H14BrNO. The number of hydrogen-bond acceptors (Lipinski definition) is 2. The van der Waals surface area contributed by atoms with Crippen LogP contribution in [-0.2, 0) is 0 Å². The van der Waals surface area contributed by atoms with E-state index in [-0.39, 0.29) is 0 Å². The largest absolute Gasteiger partial charge is 0.495 e. The van der Waals surface area contributed by atoms with Crippen LogP contribution in [0.1, 0.15) is 5.56 Å². The first kappa shape index (κ1) is 10.4. The van der Waals surface area contributed by atoms with Crippen molar-refractivity contribution in [2.24, 2.45) is 0 Å². The summed E-state index contributed by atoms with van der Waals surface area (Å²) in [5, 5.41) is 0. The number of alkyl halides is 1. The molecule has 0 atom stereocenters. The zero-order valence-corrected chi connectivity index (χ0v) is 9.76. The van der Waals surface area contributed by atoms with Gasteiger partial charge in [-0.3, -0.25) is 0 Å². The topological polar surface area (TPSA) is 12.5 Å². The Morgan fingerprint density at radius 2 is 2.15 bits per heavy atom. The smallest absolute Gasteiger partial charge is 0.142 e. The molecule has 0 aliphatic carbocycles. The number of benzene rings is 1. The molecule has 0 aliphatic heterocycles. The van der Waals surface area contributed by atoms with Crippen LogP contribution in [0.2, 0.25) is 0 Å². The van der Waals surface area contributed by atoms with Crippen LogP contribution in [0, 0.1) is 6.92 Å². The normalized spacial score (nSPS) is 9.85. The van der Waals surface area contributed by atoms with Gasteiger partial charge in [0, 0.05) is 7.05 Å². The van der Waals surface area contributed by atoms with Gasteiger partial charge in [-0.25, -0.2) is 0 Å². The molecule has 0 aliphatic rings. The molecular weight excluding hydrogens is 230 g/mol. The van der Waals surface area contributed by atoms with Crippen molar-refractivity contribution in [2.45, 2.75) is 6.92 Å². The monoisotopic (exact) mass is 243 g/mol. The van der Waals surface area contributed by atoms with Gasteiger partial charge in [-0.05, 0) is 24.6 Å². The first-order chi connectivity index (χ1) is 6.19. The highest BCUT2D eigenvalue weighted by molar-refractivity contribution is 9.09. The molecule has 0 bridgehead atoms. The Bertz CT molecular complexity index is 288. The molecule has 0 amide bonds. The van der Waals surface area contributed by atoms with Gasteiger partial charge in [-0.2, -0.15) is 0 Å². The fraction of sp³-hybridized carbons (Fsp3) is 0.400. The number of ether oxygens (including phenoxy) is 1. The van der Waals surface area contributed by atoms with E-state index in [1.165, 1.54) is 5.56 Å². The molecule has 0 saturated heterocycles. The molecule has 0 saturated carbocycles. The fourth-order valence-electron chi connectivity index (χ4n) is 1.16. The van der Waals surface area contributed by atoms with E-state index in [2.05, 4.69) is 33.8 Å². The van der Waals surface area contributed by atoms with Crippen LogP contribution < -0.4 is 9.64 Å². The Balaban J connectivity index is 3.07. The second-order valence-electron chi connectivity index (χ2n) is 2.99. The molecule has 0 unspecified atom stereocenters. The third-order valence-electron chi connectivity index (χ3n) is 1.92. The van der Waals surface area contributed by atoms with Crippen molar-refractivity contribution in [2.75, 3.05) is 24.5 Å². The number of nitrogens with zero attached hydrogens (tertiary/aromatic N) is 1. The van der Waals surface area contributed by atoms with Gasteiger partial charge in [0.2, 0.25) is 0 Å². The van der Waals surface area contributed by atoms with Crippen molar-refractivity contribution in [1.29, 1.82) is 0 Å². The Kier molecular flexibility index (Phi) is 3.60. The van der Waals surface area contributed by atoms with Crippen molar-refractivity contribution >= 4 is 21.6 Å². The van der Waals surface area contributed by atoms with Gasteiger partial charge in [-0.15, -0.1) is 0 Å². The summed E-state index contributed by atoms with van der Waals surface area (Å²) in [4.78, 5) is 2.09.